The molecule has 0 heterocycles. The number of carbonyl (C=O) groups excluding carboxylic acids is 1. The second-order valence-electron chi connectivity index (χ2n) is 8.13. The summed E-state index contributed by atoms with van der Waals surface area (Å²) in [5.74, 6) is -1.06. The van der Waals surface area contributed by atoms with Gasteiger partial charge in [-0.15, -0.1) is 0 Å². The Bertz CT molecular complexity index is 578. The van der Waals surface area contributed by atoms with E-state index >= 15 is 0 Å². The largest absolute Gasteiger partial charge is 0.481 e. The number of unbranched alkanes of at least 4 members (excludes halogenated alkanes) is 8. The molecule has 0 saturated heterocycles. The number of nitrogens with zero attached hydrogens (tertiary/aromatic N) is 2. The second-order valence-corrected chi connectivity index (χ2v) is 8.13. The molecule has 1 aromatic carbocycles. The van der Waals surface area contributed by atoms with Crippen molar-refractivity contribution >= 4 is 11.9 Å². The standard InChI is InChI=1S/C24H40N2O4/c1-25(2)19-14-9-7-5-3-4-6-8-13-17-23(27)26(20-18-24(28)29)30-21-22-15-11-10-12-16-22/h10-12,15-16H,3-9,13-14,17-21H2,1-2H3,(H,28,29). The molecule has 0 spiro atoms. The van der Waals surface area contributed by atoms with Crippen molar-refractivity contribution in [2.75, 3.05) is 27.2 Å². The number of aliphatic carboxylic acids is 1. The van der Waals surface area contributed by atoms with Gasteiger partial charge in [0.05, 0.1) is 13.0 Å². The summed E-state index contributed by atoms with van der Waals surface area (Å²) in [6.45, 7) is 1.52. The highest BCUT2D eigenvalue weighted by atomic mass is 16.7. The molecular weight excluding hydrogens is 380 g/mol. The van der Waals surface area contributed by atoms with Gasteiger partial charge in [-0.2, -0.15) is 0 Å². The fourth-order valence-electron chi connectivity index (χ4n) is 3.25. The molecule has 1 aromatic rings. The number of carboxylic acid groups (broad SMARTS) is 1. The first-order chi connectivity index (χ1) is 14.5. The number of carboxylic acids is 1. The van der Waals surface area contributed by atoms with E-state index in [-0.39, 0.29) is 25.5 Å². The van der Waals surface area contributed by atoms with Gasteiger partial charge >= 0.3 is 5.97 Å². The van der Waals surface area contributed by atoms with Crippen LogP contribution in [0.3, 0.4) is 0 Å². The number of carbonyl (C=O) groups is 2. The van der Waals surface area contributed by atoms with Crippen molar-refractivity contribution in [2.24, 2.45) is 0 Å². The summed E-state index contributed by atoms with van der Waals surface area (Å²) in [5, 5.41) is 10.2. The third-order valence-electron chi connectivity index (χ3n) is 5.03. The summed E-state index contributed by atoms with van der Waals surface area (Å²) >= 11 is 0. The Morgan fingerprint density at radius 3 is 1.93 bits per heavy atom. The van der Waals surface area contributed by atoms with Crippen LogP contribution in [0.25, 0.3) is 0 Å². The van der Waals surface area contributed by atoms with E-state index in [1.54, 1.807) is 0 Å². The zero-order valence-electron chi connectivity index (χ0n) is 18.9. The van der Waals surface area contributed by atoms with Gasteiger partial charge in [0.25, 0.3) is 0 Å². The van der Waals surface area contributed by atoms with Crippen LogP contribution in [0, 0.1) is 0 Å². The molecule has 6 heteroatoms. The van der Waals surface area contributed by atoms with Crippen LogP contribution in [-0.2, 0) is 21.0 Å². The Morgan fingerprint density at radius 1 is 0.800 bits per heavy atom. The summed E-state index contributed by atoms with van der Waals surface area (Å²) in [6.07, 6.45) is 10.9. The SMILES string of the molecule is CN(C)CCCCCCCCCCCC(=O)N(CCC(=O)O)OCc1ccccc1. The molecule has 0 unspecified atom stereocenters. The summed E-state index contributed by atoms with van der Waals surface area (Å²) in [6, 6.07) is 9.57. The summed E-state index contributed by atoms with van der Waals surface area (Å²) in [5.41, 5.74) is 0.951. The van der Waals surface area contributed by atoms with E-state index in [0.717, 1.165) is 24.8 Å². The first-order valence-electron chi connectivity index (χ1n) is 11.3. The Kier molecular flexibility index (Phi) is 14.7. The fourth-order valence-corrected chi connectivity index (χ4v) is 3.25. The molecule has 0 fully saturated rings. The first-order valence-corrected chi connectivity index (χ1v) is 11.3. The normalized spacial score (nSPS) is 11.0. The number of hydrogen-bond donors (Lipinski definition) is 1. The molecule has 0 aromatic heterocycles. The summed E-state index contributed by atoms with van der Waals surface area (Å²) < 4.78 is 0. The van der Waals surface area contributed by atoms with Gasteiger partial charge in [0.2, 0.25) is 5.91 Å². The van der Waals surface area contributed by atoms with Crippen molar-refractivity contribution in [3.63, 3.8) is 0 Å². The minimum Gasteiger partial charge on any atom is -0.481 e. The first kappa shape index (κ1) is 26.1. The Labute approximate surface area is 182 Å². The maximum atomic E-state index is 12.5. The van der Waals surface area contributed by atoms with Gasteiger partial charge in [-0.1, -0.05) is 75.3 Å². The maximum absolute atomic E-state index is 12.5. The van der Waals surface area contributed by atoms with Gasteiger partial charge in [0.1, 0.15) is 6.61 Å². The zero-order chi connectivity index (χ0) is 22.0. The lowest BCUT2D eigenvalue weighted by Gasteiger charge is -2.21. The average Bonchev–Trinajstić information content (AvgIpc) is 2.72. The third-order valence-corrected chi connectivity index (χ3v) is 5.03. The smallest absolute Gasteiger partial charge is 0.305 e. The number of amides is 1. The van der Waals surface area contributed by atoms with E-state index in [1.807, 2.05) is 30.3 Å². The van der Waals surface area contributed by atoms with Crippen molar-refractivity contribution in [3.05, 3.63) is 35.9 Å². The van der Waals surface area contributed by atoms with Gasteiger partial charge in [-0.05, 0) is 39.0 Å². The Hall–Kier alpha value is -1.92. The number of hydroxylamine groups is 2. The van der Waals surface area contributed by atoms with Gasteiger partial charge in [-0.25, -0.2) is 5.06 Å². The molecule has 0 aliphatic carbocycles. The number of hydrogen-bond acceptors (Lipinski definition) is 4. The molecule has 1 N–H and O–H groups in total. The molecule has 0 atom stereocenters. The lowest BCUT2D eigenvalue weighted by Crippen LogP contribution is -2.33. The lowest BCUT2D eigenvalue weighted by atomic mass is 10.1. The van der Waals surface area contributed by atoms with E-state index in [4.69, 9.17) is 9.94 Å². The van der Waals surface area contributed by atoms with E-state index in [0.29, 0.717) is 6.42 Å². The monoisotopic (exact) mass is 420 g/mol. The van der Waals surface area contributed by atoms with Crippen molar-refractivity contribution in [3.8, 4) is 0 Å². The molecule has 1 rings (SSSR count). The van der Waals surface area contributed by atoms with Gasteiger partial charge in [0, 0.05) is 6.42 Å². The van der Waals surface area contributed by atoms with Crippen molar-refractivity contribution < 1.29 is 19.5 Å². The Morgan fingerprint density at radius 2 is 1.37 bits per heavy atom. The molecule has 0 aliphatic heterocycles. The average molecular weight is 421 g/mol. The molecule has 0 saturated carbocycles. The molecule has 1 amide bonds. The van der Waals surface area contributed by atoms with E-state index in [9.17, 15) is 9.59 Å². The molecule has 170 valence electrons. The van der Waals surface area contributed by atoms with Crippen LogP contribution in [0.2, 0.25) is 0 Å². The van der Waals surface area contributed by atoms with Crippen molar-refractivity contribution in [2.45, 2.75) is 77.2 Å². The zero-order valence-corrected chi connectivity index (χ0v) is 18.9. The predicted octanol–water partition coefficient (Wildman–Crippen LogP) is 4.88. The molecule has 6 nitrogen and oxygen atoms in total. The van der Waals surface area contributed by atoms with Crippen LogP contribution in [0.1, 0.15) is 76.2 Å². The quantitative estimate of drug-likeness (QED) is 0.271. The van der Waals surface area contributed by atoms with Crippen LogP contribution in [0.5, 0.6) is 0 Å². The van der Waals surface area contributed by atoms with Crippen molar-refractivity contribution in [1.82, 2.24) is 9.96 Å². The Balaban J connectivity index is 2.15. The lowest BCUT2D eigenvalue weighted by molar-refractivity contribution is -0.193. The van der Waals surface area contributed by atoms with Crippen molar-refractivity contribution in [1.29, 1.82) is 0 Å². The predicted molar refractivity (Wildman–Crippen MR) is 120 cm³/mol. The van der Waals surface area contributed by atoms with E-state index in [2.05, 4.69) is 19.0 Å². The van der Waals surface area contributed by atoms with Crippen LogP contribution < -0.4 is 0 Å². The van der Waals surface area contributed by atoms with Crippen LogP contribution in [0.4, 0.5) is 0 Å². The molecular formula is C24H40N2O4. The van der Waals surface area contributed by atoms with Gasteiger partial charge < -0.3 is 10.0 Å². The summed E-state index contributed by atoms with van der Waals surface area (Å²) in [7, 11) is 4.23. The molecule has 30 heavy (non-hydrogen) atoms. The van der Waals surface area contributed by atoms with Gasteiger partial charge in [0.15, 0.2) is 0 Å². The third kappa shape index (κ3) is 14.1. The number of benzene rings is 1. The highest BCUT2D eigenvalue weighted by molar-refractivity contribution is 5.76. The van der Waals surface area contributed by atoms with Gasteiger partial charge in [-0.3, -0.25) is 14.4 Å². The molecule has 0 radical (unpaired) electrons. The molecule has 0 aliphatic rings. The van der Waals surface area contributed by atoms with Crippen LogP contribution >= 0.6 is 0 Å². The maximum Gasteiger partial charge on any atom is 0.305 e. The minimum atomic E-state index is -0.933. The van der Waals surface area contributed by atoms with E-state index < -0.39 is 5.97 Å². The second kappa shape index (κ2) is 16.8. The van der Waals surface area contributed by atoms with E-state index in [1.165, 1.54) is 50.1 Å². The van der Waals surface area contributed by atoms with Crippen LogP contribution in [0.15, 0.2) is 30.3 Å². The van der Waals surface area contributed by atoms with Crippen LogP contribution in [-0.4, -0.2) is 54.1 Å². The number of rotatable bonds is 18. The minimum absolute atomic E-state index is 0.0782. The highest BCUT2D eigenvalue weighted by Gasteiger charge is 2.15. The summed E-state index contributed by atoms with van der Waals surface area (Å²) in [4.78, 5) is 31.2. The molecule has 0 bridgehead atoms. The fraction of sp³-hybridized carbons (Fsp3) is 0.667. The topological polar surface area (TPSA) is 70.1 Å². The highest BCUT2D eigenvalue weighted by Crippen LogP contribution is 2.12.